The summed E-state index contributed by atoms with van der Waals surface area (Å²) in [6, 6.07) is 11.1. The van der Waals surface area contributed by atoms with E-state index in [9.17, 15) is 4.79 Å². The second kappa shape index (κ2) is 9.65. The number of benzene rings is 2. The molecule has 0 radical (unpaired) electrons. The molecule has 0 bridgehead atoms. The molecule has 4 aromatic rings. The van der Waals surface area contributed by atoms with Gasteiger partial charge in [0.2, 0.25) is 0 Å². The van der Waals surface area contributed by atoms with Gasteiger partial charge in [-0.1, -0.05) is 6.07 Å². The van der Waals surface area contributed by atoms with Gasteiger partial charge < -0.3 is 15.5 Å². The van der Waals surface area contributed by atoms with Crippen LogP contribution in [0.2, 0.25) is 0 Å². The van der Waals surface area contributed by atoms with Crippen LogP contribution < -0.4 is 5.73 Å². The molecule has 0 spiro atoms. The van der Waals surface area contributed by atoms with Gasteiger partial charge in [-0.2, -0.15) is 0 Å². The van der Waals surface area contributed by atoms with E-state index in [1.54, 1.807) is 22.3 Å². The summed E-state index contributed by atoms with van der Waals surface area (Å²) in [5.74, 6) is 0.541. The first kappa shape index (κ1) is 24.2. The summed E-state index contributed by atoms with van der Waals surface area (Å²) in [6.07, 6.45) is 4.51. The van der Waals surface area contributed by atoms with Crippen molar-refractivity contribution in [1.82, 2.24) is 19.8 Å². The van der Waals surface area contributed by atoms with Crippen LogP contribution in [0.5, 0.6) is 0 Å². The summed E-state index contributed by atoms with van der Waals surface area (Å²) in [5.41, 5.74) is 9.33. The molecule has 2 aliphatic rings. The molecule has 6 rings (SSSR count). The number of rotatable bonds is 6. The fraction of sp³-hybridized carbons (Fsp3) is 0.414. The lowest BCUT2D eigenvalue weighted by atomic mass is 9.98. The molecule has 1 saturated carbocycles. The normalized spacial score (nSPS) is 17.1. The molecule has 8 heteroatoms. The molecule has 3 heterocycles. The van der Waals surface area contributed by atoms with Crippen molar-refractivity contribution in [3.63, 3.8) is 0 Å². The molecule has 2 N–H and O–H groups in total. The number of carbonyl (C=O) groups excluding carboxylic acids is 1. The van der Waals surface area contributed by atoms with E-state index in [1.807, 2.05) is 13.0 Å². The molecule has 0 unspecified atom stereocenters. The van der Waals surface area contributed by atoms with E-state index in [4.69, 9.17) is 10.7 Å². The van der Waals surface area contributed by atoms with Crippen molar-refractivity contribution >= 4 is 44.2 Å². The summed E-state index contributed by atoms with van der Waals surface area (Å²) in [5, 5.41) is 1.93. The van der Waals surface area contributed by atoms with Crippen molar-refractivity contribution in [3.05, 3.63) is 63.9 Å². The Balaban J connectivity index is 1.27. The zero-order valence-electron chi connectivity index (χ0n) is 21.3. The SMILES string of the molecule is Cc1cc2cc(C(=O)N(Cc3ccc4nc(C5CCN(C)CC5)sc4c3)CC3CC3)c(F)cc2nc1N. The third-order valence-corrected chi connectivity index (χ3v) is 8.92. The van der Waals surface area contributed by atoms with Crippen LogP contribution in [0.1, 0.15) is 58.1 Å². The molecule has 0 atom stereocenters. The van der Waals surface area contributed by atoms with Gasteiger partial charge in [0.25, 0.3) is 5.91 Å². The minimum absolute atomic E-state index is 0.0857. The highest BCUT2D eigenvalue weighted by molar-refractivity contribution is 7.18. The Morgan fingerprint density at radius 2 is 1.89 bits per heavy atom. The largest absolute Gasteiger partial charge is 0.383 e. The van der Waals surface area contributed by atoms with E-state index in [0.29, 0.717) is 36.3 Å². The van der Waals surface area contributed by atoms with Crippen LogP contribution in [0.3, 0.4) is 0 Å². The molecule has 1 aliphatic carbocycles. The quantitative estimate of drug-likeness (QED) is 0.353. The molecule has 192 valence electrons. The first-order valence-electron chi connectivity index (χ1n) is 13.1. The van der Waals surface area contributed by atoms with Crippen molar-refractivity contribution < 1.29 is 9.18 Å². The molecule has 2 fully saturated rings. The average molecular weight is 518 g/mol. The number of halogens is 1. The number of amides is 1. The predicted octanol–water partition coefficient (Wildman–Crippen LogP) is 5.74. The fourth-order valence-electron chi connectivity index (χ4n) is 5.22. The number of aryl methyl sites for hydroxylation is 1. The third-order valence-electron chi connectivity index (χ3n) is 7.74. The summed E-state index contributed by atoms with van der Waals surface area (Å²) in [7, 11) is 2.17. The smallest absolute Gasteiger partial charge is 0.257 e. The van der Waals surface area contributed by atoms with Crippen LogP contribution in [-0.4, -0.2) is 52.4 Å². The number of nitrogens with zero attached hydrogens (tertiary/aromatic N) is 4. The van der Waals surface area contributed by atoms with E-state index >= 15 is 4.39 Å². The Labute approximate surface area is 220 Å². The highest BCUT2D eigenvalue weighted by Crippen LogP contribution is 2.35. The summed E-state index contributed by atoms with van der Waals surface area (Å²) in [4.78, 5) is 27.0. The number of nitrogens with two attached hydrogens (primary N) is 1. The van der Waals surface area contributed by atoms with Crippen LogP contribution >= 0.6 is 11.3 Å². The fourth-order valence-corrected chi connectivity index (χ4v) is 6.42. The number of aromatic nitrogens is 2. The Morgan fingerprint density at radius 1 is 1.11 bits per heavy atom. The summed E-state index contributed by atoms with van der Waals surface area (Å²) < 4.78 is 16.3. The topological polar surface area (TPSA) is 75.4 Å². The number of nitrogen functional groups attached to an aromatic ring is 1. The Hall–Kier alpha value is -3.10. The monoisotopic (exact) mass is 517 g/mol. The number of piperidine rings is 1. The number of hydrogen-bond acceptors (Lipinski definition) is 6. The van der Waals surface area contributed by atoms with Gasteiger partial charge in [-0.05, 0) is 94.1 Å². The average Bonchev–Trinajstić information content (AvgIpc) is 3.60. The molecular formula is C29H32FN5OS. The molecule has 2 aromatic heterocycles. The van der Waals surface area contributed by atoms with Gasteiger partial charge >= 0.3 is 0 Å². The number of likely N-dealkylation sites (tertiary alicyclic amines) is 1. The van der Waals surface area contributed by atoms with Crippen molar-refractivity contribution in [2.45, 2.75) is 45.1 Å². The Morgan fingerprint density at radius 3 is 2.65 bits per heavy atom. The lowest BCUT2D eigenvalue weighted by molar-refractivity contribution is 0.0730. The number of thiazole rings is 1. The van der Waals surface area contributed by atoms with E-state index in [1.165, 1.54) is 11.1 Å². The van der Waals surface area contributed by atoms with Crippen LogP contribution in [-0.2, 0) is 6.54 Å². The number of pyridine rings is 1. The van der Waals surface area contributed by atoms with Crippen LogP contribution in [0.4, 0.5) is 10.2 Å². The number of carbonyl (C=O) groups is 1. The predicted molar refractivity (Wildman–Crippen MR) is 147 cm³/mol. The molecule has 6 nitrogen and oxygen atoms in total. The first-order valence-corrected chi connectivity index (χ1v) is 13.9. The van der Waals surface area contributed by atoms with Gasteiger partial charge in [-0.25, -0.2) is 14.4 Å². The molecular weight excluding hydrogens is 485 g/mol. The van der Waals surface area contributed by atoms with Crippen molar-refractivity contribution in [2.24, 2.45) is 5.92 Å². The van der Waals surface area contributed by atoms with Crippen LogP contribution in [0.25, 0.3) is 21.1 Å². The highest BCUT2D eigenvalue weighted by atomic mass is 32.1. The maximum Gasteiger partial charge on any atom is 0.257 e. The lowest BCUT2D eigenvalue weighted by Crippen LogP contribution is -2.33. The zero-order valence-corrected chi connectivity index (χ0v) is 22.2. The lowest BCUT2D eigenvalue weighted by Gasteiger charge is -2.27. The van der Waals surface area contributed by atoms with E-state index < -0.39 is 5.82 Å². The summed E-state index contributed by atoms with van der Waals surface area (Å²) in [6.45, 7) is 5.16. The van der Waals surface area contributed by atoms with Gasteiger partial charge in [-0.3, -0.25) is 4.79 Å². The highest BCUT2D eigenvalue weighted by Gasteiger charge is 2.29. The van der Waals surface area contributed by atoms with Gasteiger partial charge in [0.1, 0.15) is 11.6 Å². The molecule has 37 heavy (non-hydrogen) atoms. The van der Waals surface area contributed by atoms with Crippen molar-refractivity contribution in [2.75, 3.05) is 32.4 Å². The minimum Gasteiger partial charge on any atom is -0.383 e. The second-order valence-corrected chi connectivity index (χ2v) is 11.8. The number of hydrogen-bond donors (Lipinski definition) is 1. The molecule has 2 aromatic carbocycles. The Bertz CT molecular complexity index is 1490. The molecule has 1 amide bonds. The summed E-state index contributed by atoms with van der Waals surface area (Å²) >= 11 is 1.77. The zero-order chi connectivity index (χ0) is 25.7. The number of anilines is 1. The first-order chi connectivity index (χ1) is 17.8. The van der Waals surface area contributed by atoms with Crippen LogP contribution in [0, 0.1) is 18.7 Å². The number of fused-ring (bicyclic) bond motifs is 2. The molecule has 1 aliphatic heterocycles. The van der Waals surface area contributed by atoms with Gasteiger partial charge in [0.05, 0.1) is 26.3 Å². The van der Waals surface area contributed by atoms with Crippen LogP contribution in [0.15, 0.2) is 36.4 Å². The van der Waals surface area contributed by atoms with Crippen molar-refractivity contribution in [3.8, 4) is 0 Å². The van der Waals surface area contributed by atoms with E-state index in [2.05, 4.69) is 35.1 Å². The van der Waals surface area contributed by atoms with E-state index in [-0.39, 0.29) is 11.5 Å². The van der Waals surface area contributed by atoms with Gasteiger partial charge in [-0.15, -0.1) is 11.3 Å². The Kier molecular flexibility index (Phi) is 6.32. The maximum absolute atomic E-state index is 15.1. The standard InChI is InChI=1S/C29H32FN5OS/c1-17-11-21-13-22(23(30)14-25(21)32-27(17)31)29(36)35(15-18-3-4-18)16-19-5-6-24-26(12-19)37-28(33-24)20-7-9-34(2)10-8-20/h5-6,11-14,18,20H,3-4,7-10,15-16H2,1-2H3,(H2,31,32). The van der Waals surface area contributed by atoms with Crippen molar-refractivity contribution in [1.29, 1.82) is 0 Å². The third kappa shape index (κ3) is 5.05. The second-order valence-electron chi connectivity index (χ2n) is 10.8. The van der Waals surface area contributed by atoms with E-state index in [0.717, 1.165) is 65.5 Å². The minimum atomic E-state index is -0.560. The maximum atomic E-state index is 15.1. The molecule has 1 saturated heterocycles. The van der Waals surface area contributed by atoms with Gasteiger partial charge in [0, 0.05) is 30.5 Å². The van der Waals surface area contributed by atoms with Gasteiger partial charge in [0.15, 0.2) is 0 Å².